The molecule has 0 aromatic heterocycles. The summed E-state index contributed by atoms with van der Waals surface area (Å²) in [6.07, 6.45) is 2.23. The summed E-state index contributed by atoms with van der Waals surface area (Å²) in [6.45, 7) is 1.71. The zero-order valence-corrected chi connectivity index (χ0v) is 10.2. The van der Waals surface area contributed by atoms with Crippen molar-refractivity contribution in [1.29, 1.82) is 5.26 Å². The number of nitrogens with zero attached hydrogens (tertiary/aromatic N) is 1. The predicted molar refractivity (Wildman–Crippen MR) is 65.3 cm³/mol. The van der Waals surface area contributed by atoms with Crippen LogP contribution in [0.15, 0.2) is 18.2 Å². The number of nitriles is 1. The van der Waals surface area contributed by atoms with Crippen LogP contribution < -0.4 is 5.32 Å². The van der Waals surface area contributed by atoms with E-state index in [0.717, 1.165) is 31.5 Å². The molecule has 1 aromatic rings. The lowest BCUT2D eigenvalue weighted by atomic mass is 9.75. The standard InChI is InChI=1S/C13H14ClFN2/c14-12-7-11(15)2-1-10(12)8-13(9-16)3-5-17-6-4-13/h1-2,7,17H,3-6,8H2. The van der Waals surface area contributed by atoms with Crippen molar-refractivity contribution < 1.29 is 4.39 Å². The summed E-state index contributed by atoms with van der Waals surface area (Å²) < 4.78 is 12.9. The molecule has 17 heavy (non-hydrogen) atoms. The Labute approximate surface area is 105 Å². The second-order valence-electron chi connectivity index (χ2n) is 4.55. The summed E-state index contributed by atoms with van der Waals surface area (Å²) >= 11 is 6.00. The molecule has 1 aliphatic heterocycles. The van der Waals surface area contributed by atoms with E-state index in [9.17, 15) is 9.65 Å². The monoisotopic (exact) mass is 252 g/mol. The summed E-state index contributed by atoms with van der Waals surface area (Å²) in [5, 5.41) is 13.0. The van der Waals surface area contributed by atoms with E-state index < -0.39 is 0 Å². The minimum absolute atomic E-state index is 0.338. The van der Waals surface area contributed by atoms with Gasteiger partial charge >= 0.3 is 0 Å². The fourth-order valence-corrected chi connectivity index (χ4v) is 2.50. The minimum atomic E-state index is -0.354. The summed E-state index contributed by atoms with van der Waals surface area (Å²) in [4.78, 5) is 0. The Hall–Kier alpha value is -1.11. The van der Waals surface area contributed by atoms with Crippen LogP contribution in [0.25, 0.3) is 0 Å². The van der Waals surface area contributed by atoms with Gasteiger partial charge in [-0.2, -0.15) is 5.26 Å². The first-order chi connectivity index (χ1) is 8.15. The molecule has 1 aliphatic rings. The third kappa shape index (κ3) is 2.77. The maximum Gasteiger partial charge on any atom is 0.124 e. The SMILES string of the molecule is N#CC1(Cc2ccc(F)cc2Cl)CCNCC1. The first-order valence-corrected chi connectivity index (χ1v) is 6.09. The van der Waals surface area contributed by atoms with Gasteiger partial charge in [-0.15, -0.1) is 0 Å². The molecular weight excluding hydrogens is 239 g/mol. The molecule has 90 valence electrons. The molecule has 0 atom stereocenters. The lowest BCUT2D eigenvalue weighted by molar-refractivity contribution is 0.280. The van der Waals surface area contributed by atoms with Gasteiger partial charge < -0.3 is 5.32 Å². The third-order valence-corrected chi connectivity index (χ3v) is 3.69. The van der Waals surface area contributed by atoms with Crippen LogP contribution in [-0.4, -0.2) is 13.1 Å². The highest BCUT2D eigenvalue weighted by atomic mass is 35.5. The second-order valence-corrected chi connectivity index (χ2v) is 4.96. The quantitative estimate of drug-likeness (QED) is 0.879. The molecule has 1 fully saturated rings. The highest BCUT2D eigenvalue weighted by Gasteiger charge is 2.32. The Kier molecular flexibility index (Phi) is 3.66. The largest absolute Gasteiger partial charge is 0.317 e. The van der Waals surface area contributed by atoms with E-state index in [1.54, 1.807) is 6.07 Å². The Morgan fingerprint density at radius 3 is 2.71 bits per heavy atom. The van der Waals surface area contributed by atoms with Crippen molar-refractivity contribution in [2.45, 2.75) is 19.3 Å². The Balaban J connectivity index is 2.21. The number of hydrogen-bond donors (Lipinski definition) is 1. The number of benzene rings is 1. The van der Waals surface area contributed by atoms with Crippen molar-refractivity contribution >= 4 is 11.6 Å². The number of hydrogen-bond acceptors (Lipinski definition) is 2. The molecule has 1 aromatic carbocycles. The van der Waals surface area contributed by atoms with Crippen molar-refractivity contribution in [1.82, 2.24) is 5.32 Å². The third-order valence-electron chi connectivity index (χ3n) is 3.34. The van der Waals surface area contributed by atoms with Crippen LogP contribution in [0.4, 0.5) is 4.39 Å². The molecule has 0 saturated carbocycles. The summed E-state index contributed by atoms with van der Waals surface area (Å²) in [5.41, 5.74) is 0.503. The molecule has 0 bridgehead atoms. The van der Waals surface area contributed by atoms with E-state index in [1.807, 2.05) is 0 Å². The molecule has 4 heteroatoms. The lowest BCUT2D eigenvalue weighted by Crippen LogP contribution is -2.37. The molecule has 2 nitrogen and oxygen atoms in total. The van der Waals surface area contributed by atoms with Gasteiger partial charge in [-0.25, -0.2) is 4.39 Å². The van der Waals surface area contributed by atoms with E-state index in [2.05, 4.69) is 11.4 Å². The van der Waals surface area contributed by atoms with Crippen LogP contribution >= 0.6 is 11.6 Å². The minimum Gasteiger partial charge on any atom is -0.317 e. The van der Waals surface area contributed by atoms with Gasteiger partial charge in [-0.3, -0.25) is 0 Å². The van der Waals surface area contributed by atoms with E-state index in [0.29, 0.717) is 11.4 Å². The van der Waals surface area contributed by atoms with Crippen LogP contribution in [0.2, 0.25) is 5.02 Å². The maximum atomic E-state index is 12.9. The van der Waals surface area contributed by atoms with Gasteiger partial charge in [0.1, 0.15) is 5.82 Å². The fourth-order valence-electron chi connectivity index (χ4n) is 2.26. The maximum absolute atomic E-state index is 12.9. The highest BCUT2D eigenvalue weighted by Crippen LogP contribution is 2.34. The zero-order valence-electron chi connectivity index (χ0n) is 9.47. The van der Waals surface area contributed by atoms with Gasteiger partial charge in [-0.05, 0) is 50.0 Å². The van der Waals surface area contributed by atoms with Crippen molar-refractivity contribution in [2.24, 2.45) is 5.41 Å². The zero-order chi connectivity index (χ0) is 12.3. The van der Waals surface area contributed by atoms with Crippen LogP contribution in [0.1, 0.15) is 18.4 Å². The molecule has 1 heterocycles. The van der Waals surface area contributed by atoms with E-state index in [4.69, 9.17) is 11.6 Å². The van der Waals surface area contributed by atoms with Gasteiger partial charge in [0, 0.05) is 5.02 Å². The lowest BCUT2D eigenvalue weighted by Gasteiger charge is -2.31. The summed E-state index contributed by atoms with van der Waals surface area (Å²) in [6, 6.07) is 6.80. The Morgan fingerprint density at radius 1 is 1.41 bits per heavy atom. The molecule has 0 unspecified atom stereocenters. The number of halogens is 2. The van der Waals surface area contributed by atoms with Crippen LogP contribution in [0, 0.1) is 22.6 Å². The smallest absolute Gasteiger partial charge is 0.124 e. The van der Waals surface area contributed by atoms with Crippen LogP contribution in [0.5, 0.6) is 0 Å². The average Bonchev–Trinajstić information content (AvgIpc) is 2.34. The van der Waals surface area contributed by atoms with Crippen LogP contribution in [-0.2, 0) is 6.42 Å². The Morgan fingerprint density at radius 2 is 2.12 bits per heavy atom. The van der Waals surface area contributed by atoms with Gasteiger partial charge in [-0.1, -0.05) is 17.7 Å². The van der Waals surface area contributed by atoms with Crippen molar-refractivity contribution in [3.8, 4) is 6.07 Å². The van der Waals surface area contributed by atoms with Gasteiger partial charge in [0.15, 0.2) is 0 Å². The van der Waals surface area contributed by atoms with E-state index in [-0.39, 0.29) is 11.2 Å². The topological polar surface area (TPSA) is 35.8 Å². The molecule has 2 rings (SSSR count). The molecule has 0 radical (unpaired) electrons. The molecule has 1 N–H and O–H groups in total. The normalized spacial score (nSPS) is 18.6. The molecule has 0 spiro atoms. The molecule has 0 amide bonds. The average molecular weight is 253 g/mol. The predicted octanol–water partition coefficient (Wildman–Crippen LogP) is 2.91. The number of nitrogens with one attached hydrogen (secondary N) is 1. The Bertz CT molecular complexity index is 447. The first kappa shape index (κ1) is 12.3. The number of rotatable bonds is 2. The van der Waals surface area contributed by atoms with Gasteiger partial charge in [0.25, 0.3) is 0 Å². The molecule has 0 aliphatic carbocycles. The number of piperidine rings is 1. The van der Waals surface area contributed by atoms with Gasteiger partial charge in [0.05, 0.1) is 11.5 Å². The van der Waals surface area contributed by atoms with Gasteiger partial charge in [0.2, 0.25) is 0 Å². The molecular formula is C13H14ClFN2. The van der Waals surface area contributed by atoms with Crippen molar-refractivity contribution in [2.75, 3.05) is 13.1 Å². The highest BCUT2D eigenvalue weighted by molar-refractivity contribution is 6.31. The van der Waals surface area contributed by atoms with Crippen LogP contribution in [0.3, 0.4) is 0 Å². The van der Waals surface area contributed by atoms with E-state index in [1.165, 1.54) is 12.1 Å². The summed E-state index contributed by atoms with van der Waals surface area (Å²) in [5.74, 6) is -0.338. The van der Waals surface area contributed by atoms with Crippen molar-refractivity contribution in [3.63, 3.8) is 0 Å². The first-order valence-electron chi connectivity index (χ1n) is 5.71. The van der Waals surface area contributed by atoms with Crippen molar-refractivity contribution in [3.05, 3.63) is 34.6 Å². The van der Waals surface area contributed by atoms with E-state index >= 15 is 0 Å². The fraction of sp³-hybridized carbons (Fsp3) is 0.462. The molecule has 1 saturated heterocycles. The second kappa shape index (κ2) is 5.03. The summed E-state index contributed by atoms with van der Waals surface area (Å²) in [7, 11) is 0.